The van der Waals surface area contributed by atoms with Crippen molar-refractivity contribution in [3.63, 3.8) is 0 Å². The van der Waals surface area contributed by atoms with Crippen molar-refractivity contribution in [2.45, 2.75) is 13.0 Å². The average Bonchev–Trinajstić information content (AvgIpc) is 2.18. The Morgan fingerprint density at radius 2 is 2.00 bits per heavy atom. The third kappa shape index (κ3) is 1.40. The minimum absolute atomic E-state index is 0.223. The van der Waals surface area contributed by atoms with E-state index in [9.17, 15) is 0 Å². The molecular formula is C12H14O. The fourth-order valence-corrected chi connectivity index (χ4v) is 1.90. The molecule has 1 heteroatoms. The van der Waals surface area contributed by atoms with Crippen LogP contribution < -0.4 is 0 Å². The van der Waals surface area contributed by atoms with Gasteiger partial charge in [0.25, 0.3) is 0 Å². The number of methoxy groups -OCH3 is 1. The normalized spacial score (nSPS) is 25.7. The van der Waals surface area contributed by atoms with E-state index in [0.29, 0.717) is 5.92 Å². The SMILES string of the molecule is COC1c2ccccc2C=CC1C. The van der Waals surface area contributed by atoms with Crippen LogP contribution in [0.15, 0.2) is 30.3 Å². The number of hydrogen-bond acceptors (Lipinski definition) is 1. The molecule has 1 aliphatic rings. The quantitative estimate of drug-likeness (QED) is 0.636. The van der Waals surface area contributed by atoms with E-state index in [4.69, 9.17) is 4.74 Å². The van der Waals surface area contributed by atoms with Gasteiger partial charge in [0.1, 0.15) is 0 Å². The van der Waals surface area contributed by atoms with Gasteiger partial charge in [0, 0.05) is 13.0 Å². The van der Waals surface area contributed by atoms with Gasteiger partial charge >= 0.3 is 0 Å². The molecule has 2 rings (SSSR count). The van der Waals surface area contributed by atoms with Crippen LogP contribution in [0.5, 0.6) is 0 Å². The topological polar surface area (TPSA) is 9.23 Å². The van der Waals surface area contributed by atoms with E-state index >= 15 is 0 Å². The van der Waals surface area contributed by atoms with Crippen molar-refractivity contribution in [1.82, 2.24) is 0 Å². The summed E-state index contributed by atoms with van der Waals surface area (Å²) < 4.78 is 5.48. The van der Waals surface area contributed by atoms with Crippen LogP contribution in [0.25, 0.3) is 6.08 Å². The second kappa shape index (κ2) is 3.35. The van der Waals surface area contributed by atoms with Crippen LogP contribution in [-0.4, -0.2) is 7.11 Å². The van der Waals surface area contributed by atoms with Gasteiger partial charge in [0.2, 0.25) is 0 Å². The molecule has 2 atom stereocenters. The van der Waals surface area contributed by atoms with Crippen molar-refractivity contribution in [2.75, 3.05) is 7.11 Å². The van der Waals surface area contributed by atoms with Gasteiger partial charge < -0.3 is 4.74 Å². The smallest absolute Gasteiger partial charge is 0.0886 e. The van der Waals surface area contributed by atoms with Gasteiger partial charge in [-0.05, 0) is 11.1 Å². The summed E-state index contributed by atoms with van der Waals surface area (Å²) in [6, 6.07) is 8.40. The highest BCUT2D eigenvalue weighted by atomic mass is 16.5. The number of ether oxygens (including phenoxy) is 1. The molecule has 2 unspecified atom stereocenters. The molecule has 68 valence electrons. The Bertz CT molecular complexity index is 328. The van der Waals surface area contributed by atoms with E-state index in [1.165, 1.54) is 11.1 Å². The molecule has 1 aromatic rings. The van der Waals surface area contributed by atoms with Crippen molar-refractivity contribution in [2.24, 2.45) is 5.92 Å². The first-order chi connectivity index (χ1) is 6.33. The molecule has 0 radical (unpaired) electrons. The molecule has 0 aliphatic heterocycles. The molecule has 0 amide bonds. The maximum absolute atomic E-state index is 5.48. The molecule has 1 nitrogen and oxygen atoms in total. The molecule has 0 bridgehead atoms. The van der Waals surface area contributed by atoms with Gasteiger partial charge in [-0.1, -0.05) is 43.3 Å². The van der Waals surface area contributed by atoms with Crippen LogP contribution in [0.1, 0.15) is 24.2 Å². The Morgan fingerprint density at radius 1 is 1.23 bits per heavy atom. The van der Waals surface area contributed by atoms with E-state index in [1.54, 1.807) is 7.11 Å². The maximum atomic E-state index is 5.48. The zero-order valence-electron chi connectivity index (χ0n) is 8.03. The van der Waals surface area contributed by atoms with E-state index in [0.717, 1.165) is 0 Å². The van der Waals surface area contributed by atoms with Gasteiger partial charge in [0.05, 0.1) is 6.10 Å². The summed E-state index contributed by atoms with van der Waals surface area (Å²) in [5, 5.41) is 0. The Balaban J connectivity index is 2.47. The molecule has 0 saturated heterocycles. The monoisotopic (exact) mass is 174 g/mol. The largest absolute Gasteiger partial charge is 0.376 e. The Kier molecular flexibility index (Phi) is 2.19. The lowest BCUT2D eigenvalue weighted by Gasteiger charge is -2.25. The Hall–Kier alpha value is -1.08. The van der Waals surface area contributed by atoms with Gasteiger partial charge in [-0.2, -0.15) is 0 Å². The van der Waals surface area contributed by atoms with Crippen LogP contribution in [-0.2, 0) is 4.74 Å². The van der Waals surface area contributed by atoms with Crippen molar-refractivity contribution >= 4 is 6.08 Å². The number of benzene rings is 1. The molecule has 0 saturated carbocycles. The summed E-state index contributed by atoms with van der Waals surface area (Å²) in [5.41, 5.74) is 2.59. The van der Waals surface area contributed by atoms with Gasteiger partial charge in [-0.3, -0.25) is 0 Å². The molecular weight excluding hydrogens is 160 g/mol. The highest BCUT2D eigenvalue weighted by Gasteiger charge is 2.21. The molecule has 0 N–H and O–H groups in total. The van der Waals surface area contributed by atoms with Crippen molar-refractivity contribution < 1.29 is 4.74 Å². The zero-order chi connectivity index (χ0) is 9.26. The molecule has 13 heavy (non-hydrogen) atoms. The first-order valence-electron chi connectivity index (χ1n) is 4.63. The lowest BCUT2D eigenvalue weighted by molar-refractivity contribution is 0.0730. The summed E-state index contributed by atoms with van der Waals surface area (Å²) >= 11 is 0. The van der Waals surface area contributed by atoms with E-state index in [-0.39, 0.29) is 6.10 Å². The van der Waals surface area contributed by atoms with Crippen LogP contribution in [0.3, 0.4) is 0 Å². The molecule has 1 aliphatic carbocycles. The number of rotatable bonds is 1. The van der Waals surface area contributed by atoms with Crippen LogP contribution in [0.4, 0.5) is 0 Å². The second-order valence-corrected chi connectivity index (χ2v) is 3.50. The first kappa shape index (κ1) is 8.52. The van der Waals surface area contributed by atoms with Crippen LogP contribution >= 0.6 is 0 Å². The van der Waals surface area contributed by atoms with E-state index < -0.39 is 0 Å². The van der Waals surface area contributed by atoms with Crippen LogP contribution in [0, 0.1) is 5.92 Å². The maximum Gasteiger partial charge on any atom is 0.0886 e. The van der Waals surface area contributed by atoms with Gasteiger partial charge in [0.15, 0.2) is 0 Å². The molecule has 0 fully saturated rings. The van der Waals surface area contributed by atoms with Crippen molar-refractivity contribution in [1.29, 1.82) is 0 Å². The Labute approximate surface area is 79.0 Å². The second-order valence-electron chi connectivity index (χ2n) is 3.50. The van der Waals surface area contributed by atoms with E-state index in [1.807, 2.05) is 0 Å². The Morgan fingerprint density at radius 3 is 2.77 bits per heavy atom. The van der Waals surface area contributed by atoms with Gasteiger partial charge in [-0.25, -0.2) is 0 Å². The third-order valence-corrected chi connectivity index (χ3v) is 2.61. The highest BCUT2D eigenvalue weighted by molar-refractivity contribution is 5.57. The molecule has 0 aromatic heterocycles. The fraction of sp³-hybridized carbons (Fsp3) is 0.333. The minimum atomic E-state index is 0.223. The van der Waals surface area contributed by atoms with E-state index in [2.05, 4.69) is 43.3 Å². The zero-order valence-corrected chi connectivity index (χ0v) is 8.03. The summed E-state index contributed by atoms with van der Waals surface area (Å²) in [6.45, 7) is 2.18. The van der Waals surface area contributed by atoms with Crippen LogP contribution in [0.2, 0.25) is 0 Å². The summed E-state index contributed by atoms with van der Waals surface area (Å²) in [7, 11) is 1.77. The predicted octanol–water partition coefficient (Wildman–Crippen LogP) is 3.04. The summed E-state index contributed by atoms with van der Waals surface area (Å²) in [6.07, 6.45) is 4.60. The predicted molar refractivity (Wildman–Crippen MR) is 54.4 cm³/mol. The number of hydrogen-bond donors (Lipinski definition) is 0. The standard InChI is InChI=1S/C12H14O/c1-9-7-8-10-5-3-4-6-11(10)12(9)13-2/h3-9,12H,1-2H3. The fourth-order valence-electron chi connectivity index (χ4n) is 1.90. The molecule has 0 spiro atoms. The lowest BCUT2D eigenvalue weighted by atomic mass is 9.88. The lowest BCUT2D eigenvalue weighted by Crippen LogP contribution is -2.14. The molecule has 0 heterocycles. The van der Waals surface area contributed by atoms with Crippen molar-refractivity contribution in [3.05, 3.63) is 41.5 Å². The summed E-state index contributed by atoms with van der Waals surface area (Å²) in [5.74, 6) is 0.472. The van der Waals surface area contributed by atoms with Crippen molar-refractivity contribution in [3.8, 4) is 0 Å². The summed E-state index contributed by atoms with van der Waals surface area (Å²) in [4.78, 5) is 0. The minimum Gasteiger partial charge on any atom is -0.376 e. The first-order valence-corrected chi connectivity index (χ1v) is 4.63. The highest BCUT2D eigenvalue weighted by Crippen LogP contribution is 2.33. The molecule has 1 aromatic carbocycles. The number of fused-ring (bicyclic) bond motifs is 1. The average molecular weight is 174 g/mol. The third-order valence-electron chi connectivity index (χ3n) is 2.61. The van der Waals surface area contributed by atoms with Gasteiger partial charge in [-0.15, -0.1) is 0 Å².